The Morgan fingerprint density at radius 3 is 2.77 bits per heavy atom. The molecule has 0 aliphatic carbocycles. The predicted octanol–water partition coefficient (Wildman–Crippen LogP) is 4.37. The van der Waals surface area contributed by atoms with Crippen molar-refractivity contribution in [2.75, 3.05) is 32.0 Å². The molecule has 1 unspecified atom stereocenters. The molecule has 2 aliphatic heterocycles. The number of aromatic nitrogens is 2. The Balaban J connectivity index is 1.24. The number of amides is 1. The highest BCUT2D eigenvalue weighted by Crippen LogP contribution is 2.39. The normalized spacial score (nSPS) is 16.8. The molecule has 0 radical (unpaired) electrons. The number of benzene rings is 3. The summed E-state index contributed by atoms with van der Waals surface area (Å²) in [4.78, 5) is 19.8. The molecule has 2 aliphatic rings. The molecule has 6 rings (SSSR count). The lowest BCUT2D eigenvalue weighted by molar-refractivity contribution is -0.117. The smallest absolute Gasteiger partial charge is 0.231 e. The minimum atomic E-state index is -0.0304. The molecule has 8 nitrogen and oxygen atoms in total. The van der Waals surface area contributed by atoms with Crippen LogP contribution in [0.1, 0.15) is 18.2 Å². The van der Waals surface area contributed by atoms with E-state index in [1.807, 2.05) is 65.6 Å². The largest absolute Gasteiger partial charge is 0.497 e. The maximum Gasteiger partial charge on any atom is 0.231 e. The summed E-state index contributed by atoms with van der Waals surface area (Å²) in [5.41, 5.74) is 2.76. The van der Waals surface area contributed by atoms with Gasteiger partial charge in [0.2, 0.25) is 12.7 Å². The Morgan fingerprint density at radius 2 is 1.86 bits per heavy atom. The third kappa shape index (κ3) is 4.01. The van der Waals surface area contributed by atoms with E-state index in [4.69, 9.17) is 23.9 Å². The number of ether oxygens (including phenoxy) is 4. The minimum Gasteiger partial charge on any atom is -0.497 e. The summed E-state index contributed by atoms with van der Waals surface area (Å²) < 4.78 is 24.4. The number of nitrogens with zero attached hydrogens (tertiary/aromatic N) is 3. The molecular weight excluding hydrogens is 446 g/mol. The van der Waals surface area contributed by atoms with Gasteiger partial charge in [0.25, 0.3) is 0 Å². The molecule has 0 bridgehead atoms. The van der Waals surface area contributed by atoms with E-state index in [1.54, 1.807) is 7.11 Å². The van der Waals surface area contributed by atoms with E-state index in [9.17, 15) is 4.79 Å². The molecule has 8 heteroatoms. The van der Waals surface area contributed by atoms with Crippen molar-refractivity contribution in [2.45, 2.75) is 18.9 Å². The zero-order chi connectivity index (χ0) is 23.8. The van der Waals surface area contributed by atoms with E-state index in [0.29, 0.717) is 37.6 Å². The van der Waals surface area contributed by atoms with Crippen molar-refractivity contribution in [1.82, 2.24) is 9.55 Å². The molecule has 0 N–H and O–H groups in total. The molecule has 0 spiro atoms. The Kier molecular flexibility index (Phi) is 5.41. The van der Waals surface area contributed by atoms with Crippen LogP contribution in [0.2, 0.25) is 0 Å². The Bertz CT molecular complexity index is 1400. The fourth-order valence-corrected chi connectivity index (χ4v) is 4.77. The zero-order valence-electron chi connectivity index (χ0n) is 19.3. The zero-order valence-corrected chi connectivity index (χ0v) is 19.3. The van der Waals surface area contributed by atoms with E-state index in [1.165, 1.54) is 0 Å². The Morgan fingerprint density at radius 1 is 1.00 bits per heavy atom. The van der Waals surface area contributed by atoms with Gasteiger partial charge in [0, 0.05) is 36.7 Å². The number of rotatable bonds is 7. The third-order valence-corrected chi connectivity index (χ3v) is 6.47. The molecule has 178 valence electrons. The summed E-state index contributed by atoms with van der Waals surface area (Å²) in [7, 11) is 1.64. The van der Waals surface area contributed by atoms with Gasteiger partial charge in [0.05, 0.1) is 24.7 Å². The van der Waals surface area contributed by atoms with Crippen molar-refractivity contribution in [3.63, 3.8) is 0 Å². The fourth-order valence-electron chi connectivity index (χ4n) is 4.77. The monoisotopic (exact) mass is 471 g/mol. The Labute approximate surface area is 202 Å². The second kappa shape index (κ2) is 8.87. The van der Waals surface area contributed by atoms with Crippen LogP contribution in [0.5, 0.6) is 23.0 Å². The number of hydrogen-bond donors (Lipinski definition) is 0. The first-order valence-electron chi connectivity index (χ1n) is 11.6. The van der Waals surface area contributed by atoms with Crippen molar-refractivity contribution >= 4 is 22.6 Å². The fraction of sp³-hybridized carbons (Fsp3) is 0.259. The lowest BCUT2D eigenvalue weighted by atomic mass is 10.1. The quantitative estimate of drug-likeness (QED) is 0.398. The van der Waals surface area contributed by atoms with Gasteiger partial charge in [0.15, 0.2) is 11.5 Å². The molecule has 1 aromatic heterocycles. The average Bonchev–Trinajstić information content (AvgIpc) is 3.60. The topological polar surface area (TPSA) is 75.1 Å². The van der Waals surface area contributed by atoms with Crippen molar-refractivity contribution in [3.8, 4) is 23.0 Å². The highest BCUT2D eigenvalue weighted by Gasteiger charge is 2.35. The van der Waals surface area contributed by atoms with Crippen LogP contribution in [-0.4, -0.2) is 42.5 Å². The summed E-state index contributed by atoms with van der Waals surface area (Å²) in [6.45, 7) is 1.84. The lowest BCUT2D eigenvalue weighted by Gasteiger charge is -2.18. The van der Waals surface area contributed by atoms with E-state index in [2.05, 4.69) is 10.6 Å². The van der Waals surface area contributed by atoms with Crippen molar-refractivity contribution in [1.29, 1.82) is 0 Å². The first-order chi connectivity index (χ1) is 17.2. The molecule has 35 heavy (non-hydrogen) atoms. The second-order valence-electron chi connectivity index (χ2n) is 8.58. The second-order valence-corrected chi connectivity index (χ2v) is 8.58. The number of carbonyl (C=O) groups is 1. The van der Waals surface area contributed by atoms with E-state index < -0.39 is 0 Å². The highest BCUT2D eigenvalue weighted by molar-refractivity contribution is 5.97. The predicted molar refractivity (Wildman–Crippen MR) is 130 cm³/mol. The molecule has 0 saturated carbocycles. The molecule has 1 fully saturated rings. The summed E-state index contributed by atoms with van der Waals surface area (Å²) in [6.07, 6.45) is 0.397. The highest BCUT2D eigenvalue weighted by atomic mass is 16.7. The van der Waals surface area contributed by atoms with Gasteiger partial charge in [-0.05, 0) is 36.4 Å². The average molecular weight is 472 g/mol. The molecule has 1 atom stereocenters. The van der Waals surface area contributed by atoms with Crippen molar-refractivity contribution in [3.05, 3.63) is 72.6 Å². The Hall–Kier alpha value is -4.20. The van der Waals surface area contributed by atoms with Gasteiger partial charge in [0.1, 0.15) is 23.9 Å². The van der Waals surface area contributed by atoms with Gasteiger partial charge in [-0.15, -0.1) is 0 Å². The van der Waals surface area contributed by atoms with Crippen molar-refractivity contribution < 1.29 is 23.7 Å². The van der Waals surface area contributed by atoms with Crippen LogP contribution in [-0.2, 0) is 11.3 Å². The third-order valence-electron chi connectivity index (χ3n) is 6.47. The van der Waals surface area contributed by atoms with Crippen LogP contribution < -0.4 is 23.8 Å². The standard InChI is InChI=1S/C27H25N3O5/c1-32-20-5-4-6-21(15-20)33-12-11-29-23-8-3-2-7-22(23)28-27(29)18-13-26(31)30(16-18)19-9-10-24-25(14-19)35-17-34-24/h2-10,14-15,18H,11-13,16-17H2,1H3. The molecule has 3 aromatic carbocycles. The summed E-state index contributed by atoms with van der Waals surface area (Å²) in [6, 6.07) is 21.2. The number of para-hydroxylation sites is 2. The number of fused-ring (bicyclic) bond motifs is 2. The van der Waals surface area contributed by atoms with Gasteiger partial charge < -0.3 is 28.4 Å². The number of carbonyl (C=O) groups excluding carboxylic acids is 1. The van der Waals surface area contributed by atoms with Crippen LogP contribution >= 0.6 is 0 Å². The van der Waals surface area contributed by atoms with Gasteiger partial charge >= 0.3 is 0 Å². The number of methoxy groups -OCH3 is 1. The maximum absolute atomic E-state index is 13.0. The molecular formula is C27H25N3O5. The van der Waals surface area contributed by atoms with E-state index in [0.717, 1.165) is 34.0 Å². The lowest BCUT2D eigenvalue weighted by Crippen LogP contribution is -2.24. The van der Waals surface area contributed by atoms with Crippen LogP contribution in [0.15, 0.2) is 66.7 Å². The summed E-state index contributed by atoms with van der Waals surface area (Å²) in [5, 5.41) is 0. The van der Waals surface area contributed by atoms with Gasteiger partial charge in [-0.1, -0.05) is 18.2 Å². The SMILES string of the molecule is COc1cccc(OCCn2c(C3CC(=O)N(c4ccc5c(c4)OCO5)C3)nc3ccccc32)c1. The van der Waals surface area contributed by atoms with Gasteiger partial charge in [-0.25, -0.2) is 4.98 Å². The van der Waals surface area contributed by atoms with Crippen LogP contribution in [0.3, 0.4) is 0 Å². The molecule has 4 aromatic rings. The first-order valence-corrected chi connectivity index (χ1v) is 11.6. The maximum atomic E-state index is 13.0. The molecule has 1 amide bonds. The molecule has 1 saturated heterocycles. The summed E-state index contributed by atoms with van der Waals surface area (Å²) in [5.74, 6) is 3.81. The molecule has 3 heterocycles. The first kappa shape index (κ1) is 21.3. The van der Waals surface area contributed by atoms with E-state index in [-0.39, 0.29) is 18.6 Å². The van der Waals surface area contributed by atoms with Crippen LogP contribution in [0.4, 0.5) is 5.69 Å². The number of imidazole rings is 1. The van der Waals surface area contributed by atoms with E-state index >= 15 is 0 Å². The number of anilines is 1. The minimum absolute atomic E-state index is 0.0304. The van der Waals surface area contributed by atoms with Gasteiger partial charge in [-0.3, -0.25) is 4.79 Å². The van der Waals surface area contributed by atoms with Crippen LogP contribution in [0, 0.1) is 0 Å². The van der Waals surface area contributed by atoms with Crippen LogP contribution in [0.25, 0.3) is 11.0 Å². The number of hydrogen-bond acceptors (Lipinski definition) is 6. The van der Waals surface area contributed by atoms with Crippen molar-refractivity contribution in [2.24, 2.45) is 0 Å². The van der Waals surface area contributed by atoms with Gasteiger partial charge in [-0.2, -0.15) is 0 Å². The summed E-state index contributed by atoms with van der Waals surface area (Å²) >= 11 is 0.